The van der Waals surface area contributed by atoms with E-state index in [-0.39, 0.29) is 5.75 Å². The monoisotopic (exact) mass is 247 g/mol. The van der Waals surface area contributed by atoms with E-state index in [1.807, 2.05) is 44.1 Å². The van der Waals surface area contributed by atoms with Crippen molar-refractivity contribution in [3.05, 3.63) is 29.3 Å². The molecule has 0 N–H and O–H groups in total. The molecular weight excluding hydrogens is 234 g/mol. The minimum absolute atomic E-state index is 0.135. The Labute approximate surface area is 95.1 Å². The highest BCUT2D eigenvalue weighted by molar-refractivity contribution is 8.13. The summed E-state index contributed by atoms with van der Waals surface area (Å²) in [4.78, 5) is 1.87. The molecule has 0 heterocycles. The van der Waals surface area contributed by atoms with Crippen LogP contribution in [0.1, 0.15) is 11.1 Å². The van der Waals surface area contributed by atoms with E-state index in [2.05, 4.69) is 0 Å². The maximum atomic E-state index is 11.0. The summed E-state index contributed by atoms with van der Waals surface area (Å²) >= 11 is 0. The van der Waals surface area contributed by atoms with Gasteiger partial charge in [0.15, 0.2) is 0 Å². The van der Waals surface area contributed by atoms with Crippen molar-refractivity contribution in [3.8, 4) is 0 Å². The van der Waals surface area contributed by atoms with Crippen LogP contribution in [0.4, 0.5) is 5.69 Å². The third-order valence-electron chi connectivity index (χ3n) is 2.04. The second-order valence-corrected chi connectivity index (χ2v) is 6.49. The molecule has 0 saturated heterocycles. The Kier molecular flexibility index (Phi) is 3.62. The molecule has 5 heteroatoms. The van der Waals surface area contributed by atoms with Crippen LogP contribution in [0.5, 0.6) is 0 Å². The molecule has 0 unspecified atom stereocenters. The van der Waals surface area contributed by atoms with Crippen LogP contribution in [0.25, 0.3) is 0 Å². The van der Waals surface area contributed by atoms with E-state index in [1.165, 1.54) is 0 Å². The quantitative estimate of drug-likeness (QED) is 0.768. The smallest absolute Gasteiger partial charge is 0.236 e. The van der Waals surface area contributed by atoms with Crippen molar-refractivity contribution >= 4 is 25.4 Å². The summed E-state index contributed by atoms with van der Waals surface area (Å²) in [6, 6.07) is 5.68. The summed E-state index contributed by atoms with van der Waals surface area (Å²) in [5.41, 5.74) is 2.63. The molecule has 1 aromatic rings. The first kappa shape index (κ1) is 12.3. The molecular formula is C10H14ClNO2S. The first-order valence-electron chi connectivity index (χ1n) is 4.49. The zero-order valence-electron chi connectivity index (χ0n) is 8.99. The van der Waals surface area contributed by atoms with Gasteiger partial charge in [0.05, 0.1) is 5.75 Å². The van der Waals surface area contributed by atoms with E-state index in [9.17, 15) is 8.42 Å². The Morgan fingerprint density at radius 2 is 1.93 bits per heavy atom. The summed E-state index contributed by atoms with van der Waals surface area (Å²) in [5.74, 6) is -0.135. The van der Waals surface area contributed by atoms with Crippen LogP contribution in [0.2, 0.25) is 0 Å². The highest BCUT2D eigenvalue weighted by atomic mass is 35.7. The predicted octanol–water partition coefficient (Wildman–Crippen LogP) is 2.13. The zero-order chi connectivity index (χ0) is 11.6. The van der Waals surface area contributed by atoms with Crippen molar-refractivity contribution < 1.29 is 8.42 Å². The second-order valence-electron chi connectivity index (χ2n) is 3.71. The average molecular weight is 248 g/mol. The van der Waals surface area contributed by atoms with Crippen molar-refractivity contribution in [1.29, 1.82) is 0 Å². The lowest BCUT2D eigenvalue weighted by molar-refractivity contribution is 0.609. The number of anilines is 1. The fourth-order valence-electron chi connectivity index (χ4n) is 1.45. The maximum Gasteiger partial charge on any atom is 0.236 e. The molecule has 0 spiro atoms. The van der Waals surface area contributed by atoms with E-state index < -0.39 is 9.05 Å². The normalized spacial score (nSPS) is 11.5. The van der Waals surface area contributed by atoms with Crippen LogP contribution in [-0.2, 0) is 14.8 Å². The molecule has 0 fully saturated rings. The SMILES string of the molecule is Cc1ccc(N(C)C)c(CS(=O)(=O)Cl)c1. The number of aryl methyl sites for hydroxylation is 1. The van der Waals surface area contributed by atoms with Gasteiger partial charge in [-0.1, -0.05) is 17.7 Å². The predicted molar refractivity (Wildman–Crippen MR) is 64.0 cm³/mol. The van der Waals surface area contributed by atoms with Crippen LogP contribution in [-0.4, -0.2) is 22.5 Å². The van der Waals surface area contributed by atoms with Gasteiger partial charge in [0, 0.05) is 30.5 Å². The molecule has 0 aliphatic rings. The molecule has 0 aliphatic heterocycles. The van der Waals surface area contributed by atoms with E-state index >= 15 is 0 Å². The Morgan fingerprint density at radius 1 is 1.33 bits per heavy atom. The average Bonchev–Trinajstić information content (AvgIpc) is 1.99. The van der Waals surface area contributed by atoms with Crippen molar-refractivity contribution in [3.63, 3.8) is 0 Å². The lowest BCUT2D eigenvalue weighted by Gasteiger charge is -2.17. The molecule has 0 bridgehead atoms. The number of nitrogens with zero attached hydrogens (tertiary/aromatic N) is 1. The van der Waals surface area contributed by atoms with Crippen LogP contribution in [0.3, 0.4) is 0 Å². The molecule has 84 valence electrons. The van der Waals surface area contributed by atoms with Gasteiger partial charge in [-0.15, -0.1) is 0 Å². The van der Waals surface area contributed by atoms with Gasteiger partial charge in [0.1, 0.15) is 0 Å². The van der Waals surface area contributed by atoms with E-state index in [1.54, 1.807) is 0 Å². The van der Waals surface area contributed by atoms with E-state index in [0.29, 0.717) is 0 Å². The van der Waals surface area contributed by atoms with Gasteiger partial charge >= 0.3 is 0 Å². The Balaban J connectivity index is 3.19. The first-order valence-corrected chi connectivity index (χ1v) is 6.96. The standard InChI is InChI=1S/C10H14ClNO2S/c1-8-4-5-10(12(2)3)9(6-8)7-15(11,13)14/h4-6H,7H2,1-3H3. The number of hydrogen-bond donors (Lipinski definition) is 0. The van der Waals surface area contributed by atoms with Crippen molar-refractivity contribution in [1.82, 2.24) is 0 Å². The second kappa shape index (κ2) is 4.41. The van der Waals surface area contributed by atoms with Gasteiger partial charge in [-0.3, -0.25) is 0 Å². The molecule has 0 saturated carbocycles. The lowest BCUT2D eigenvalue weighted by atomic mass is 10.1. The van der Waals surface area contributed by atoms with Gasteiger partial charge < -0.3 is 4.90 Å². The van der Waals surface area contributed by atoms with Gasteiger partial charge in [-0.25, -0.2) is 8.42 Å². The molecule has 0 amide bonds. The highest BCUT2D eigenvalue weighted by Crippen LogP contribution is 2.23. The van der Waals surface area contributed by atoms with Gasteiger partial charge in [0.2, 0.25) is 9.05 Å². The largest absolute Gasteiger partial charge is 0.377 e. The maximum absolute atomic E-state index is 11.0. The fourth-order valence-corrected chi connectivity index (χ4v) is 2.41. The van der Waals surface area contributed by atoms with Crippen LogP contribution in [0.15, 0.2) is 18.2 Å². The summed E-state index contributed by atoms with van der Waals surface area (Å²) < 4.78 is 22.1. The number of hydrogen-bond acceptors (Lipinski definition) is 3. The molecule has 0 radical (unpaired) electrons. The third-order valence-corrected chi connectivity index (χ3v) is 3.03. The Bertz CT molecular complexity index is 454. The van der Waals surface area contributed by atoms with Gasteiger partial charge in [0.25, 0.3) is 0 Å². The fraction of sp³-hybridized carbons (Fsp3) is 0.400. The van der Waals surface area contributed by atoms with Gasteiger partial charge in [-0.05, 0) is 18.6 Å². The Hall–Kier alpha value is -0.740. The summed E-state index contributed by atoms with van der Waals surface area (Å²) in [7, 11) is 5.49. The first-order chi connectivity index (χ1) is 6.79. The molecule has 15 heavy (non-hydrogen) atoms. The highest BCUT2D eigenvalue weighted by Gasteiger charge is 2.12. The van der Waals surface area contributed by atoms with Gasteiger partial charge in [-0.2, -0.15) is 0 Å². The minimum atomic E-state index is -3.50. The van der Waals surface area contributed by atoms with Crippen LogP contribution in [0, 0.1) is 6.92 Å². The summed E-state index contributed by atoms with van der Waals surface area (Å²) in [6.45, 7) is 1.92. The molecule has 3 nitrogen and oxygen atoms in total. The molecule has 1 aromatic carbocycles. The minimum Gasteiger partial charge on any atom is -0.377 e. The number of halogens is 1. The molecule has 0 aliphatic carbocycles. The van der Waals surface area contributed by atoms with E-state index in [4.69, 9.17) is 10.7 Å². The molecule has 0 aromatic heterocycles. The summed E-state index contributed by atoms with van der Waals surface area (Å²) in [5, 5.41) is 0. The van der Waals surface area contributed by atoms with Crippen molar-refractivity contribution in [2.45, 2.75) is 12.7 Å². The van der Waals surface area contributed by atoms with E-state index in [0.717, 1.165) is 16.8 Å². The zero-order valence-corrected chi connectivity index (χ0v) is 10.6. The van der Waals surface area contributed by atoms with Crippen molar-refractivity contribution in [2.24, 2.45) is 0 Å². The molecule has 1 rings (SSSR count). The van der Waals surface area contributed by atoms with Crippen LogP contribution >= 0.6 is 10.7 Å². The lowest BCUT2D eigenvalue weighted by Crippen LogP contribution is -2.12. The number of rotatable bonds is 3. The van der Waals surface area contributed by atoms with Crippen molar-refractivity contribution in [2.75, 3.05) is 19.0 Å². The summed E-state index contributed by atoms with van der Waals surface area (Å²) in [6.07, 6.45) is 0. The third kappa shape index (κ3) is 3.72. The topological polar surface area (TPSA) is 37.4 Å². The molecule has 0 atom stereocenters. The Morgan fingerprint density at radius 3 is 2.40 bits per heavy atom. The van der Waals surface area contributed by atoms with Crippen LogP contribution < -0.4 is 4.90 Å². The number of benzene rings is 1.